The van der Waals surface area contributed by atoms with E-state index in [-0.39, 0.29) is 0 Å². The molecule has 2 unspecified atom stereocenters. The monoisotopic (exact) mass is 249 g/mol. The average molecular weight is 249 g/mol. The van der Waals surface area contributed by atoms with E-state index in [4.69, 9.17) is 4.74 Å². The van der Waals surface area contributed by atoms with Crippen LogP contribution in [0.2, 0.25) is 0 Å². The van der Waals surface area contributed by atoms with Crippen molar-refractivity contribution in [2.45, 2.75) is 36.2 Å². The summed E-state index contributed by atoms with van der Waals surface area (Å²) in [6.45, 7) is 1.82. The van der Waals surface area contributed by atoms with Gasteiger partial charge in [-0.05, 0) is 36.6 Å². The molecule has 2 aliphatic rings. The third kappa shape index (κ3) is 2.67. The van der Waals surface area contributed by atoms with E-state index in [9.17, 15) is 0 Å². The van der Waals surface area contributed by atoms with Crippen LogP contribution in [0.4, 0.5) is 0 Å². The highest BCUT2D eigenvalue weighted by Crippen LogP contribution is 2.36. The van der Waals surface area contributed by atoms with Crippen molar-refractivity contribution < 1.29 is 4.74 Å². The molecule has 3 heteroatoms. The summed E-state index contributed by atoms with van der Waals surface area (Å²) >= 11 is 1.98. The minimum absolute atomic E-state index is 0.527. The predicted molar refractivity (Wildman–Crippen MR) is 71.5 cm³/mol. The van der Waals surface area contributed by atoms with Crippen molar-refractivity contribution in [3.8, 4) is 0 Å². The first-order valence-corrected chi connectivity index (χ1v) is 7.47. The molecule has 3 rings (SSSR count). The van der Waals surface area contributed by atoms with Crippen LogP contribution in [0.5, 0.6) is 0 Å². The number of hydrogen-bond donors (Lipinski definition) is 1. The first-order valence-electron chi connectivity index (χ1n) is 6.49. The molecule has 0 amide bonds. The maximum Gasteiger partial charge on any atom is 0.0619 e. The second kappa shape index (κ2) is 5.42. The van der Waals surface area contributed by atoms with Gasteiger partial charge in [0.15, 0.2) is 0 Å². The maximum atomic E-state index is 5.54. The molecule has 2 nitrogen and oxygen atoms in total. The van der Waals surface area contributed by atoms with Crippen molar-refractivity contribution in [1.82, 2.24) is 5.32 Å². The summed E-state index contributed by atoms with van der Waals surface area (Å²) in [7, 11) is 0. The van der Waals surface area contributed by atoms with Crippen molar-refractivity contribution >= 4 is 11.8 Å². The Morgan fingerprint density at radius 1 is 1.24 bits per heavy atom. The Balaban J connectivity index is 1.71. The van der Waals surface area contributed by atoms with Crippen molar-refractivity contribution in [1.29, 1.82) is 0 Å². The largest absolute Gasteiger partial charge is 0.380 e. The van der Waals surface area contributed by atoms with Crippen molar-refractivity contribution in [3.63, 3.8) is 0 Å². The summed E-state index contributed by atoms with van der Waals surface area (Å²) in [5, 5.41) is 3.78. The fraction of sp³-hybridized carbons (Fsp3) is 0.571. The molecule has 2 aliphatic heterocycles. The molecular weight excluding hydrogens is 230 g/mol. The number of fused-ring (bicyclic) bond motifs is 1. The lowest BCUT2D eigenvalue weighted by Crippen LogP contribution is -2.40. The van der Waals surface area contributed by atoms with Crippen LogP contribution in [0.1, 0.15) is 30.9 Å². The van der Waals surface area contributed by atoms with Gasteiger partial charge < -0.3 is 10.1 Å². The topological polar surface area (TPSA) is 21.3 Å². The SMILES string of the molecule is c1ccc2c(c1)SCCC2NC1CCCOC1. The maximum absolute atomic E-state index is 5.54. The molecule has 1 fully saturated rings. The van der Waals surface area contributed by atoms with Crippen molar-refractivity contribution in [2.75, 3.05) is 19.0 Å². The summed E-state index contributed by atoms with van der Waals surface area (Å²) in [5.41, 5.74) is 1.48. The van der Waals surface area contributed by atoms with Crippen molar-refractivity contribution in [2.24, 2.45) is 0 Å². The molecule has 2 atom stereocenters. The summed E-state index contributed by atoms with van der Waals surface area (Å²) in [4.78, 5) is 1.45. The third-order valence-electron chi connectivity index (χ3n) is 3.56. The van der Waals surface area contributed by atoms with E-state index in [2.05, 4.69) is 29.6 Å². The molecule has 0 bridgehead atoms. The van der Waals surface area contributed by atoms with E-state index < -0.39 is 0 Å². The van der Waals surface area contributed by atoms with Gasteiger partial charge in [0.2, 0.25) is 0 Å². The van der Waals surface area contributed by atoms with Gasteiger partial charge in [-0.2, -0.15) is 0 Å². The van der Waals surface area contributed by atoms with Crippen LogP contribution in [0.25, 0.3) is 0 Å². The predicted octanol–water partition coefficient (Wildman–Crippen LogP) is 2.99. The standard InChI is InChI=1S/C14H19NOS/c1-2-6-14-12(5-1)13(7-9-17-14)15-11-4-3-8-16-10-11/h1-2,5-6,11,13,15H,3-4,7-10H2. The van der Waals surface area contributed by atoms with Gasteiger partial charge in [0.05, 0.1) is 6.61 Å². The molecule has 1 saturated heterocycles. The van der Waals surface area contributed by atoms with Crippen LogP contribution >= 0.6 is 11.8 Å². The number of thioether (sulfide) groups is 1. The van der Waals surface area contributed by atoms with Gasteiger partial charge in [-0.3, -0.25) is 0 Å². The van der Waals surface area contributed by atoms with Crippen LogP contribution < -0.4 is 5.32 Å². The van der Waals surface area contributed by atoms with E-state index in [1.54, 1.807) is 0 Å². The van der Waals surface area contributed by atoms with E-state index >= 15 is 0 Å². The fourth-order valence-electron chi connectivity index (χ4n) is 2.67. The summed E-state index contributed by atoms with van der Waals surface area (Å²) in [6, 6.07) is 9.87. The molecular formula is C14H19NOS. The second-order valence-corrected chi connectivity index (χ2v) is 5.95. The molecule has 1 aromatic rings. The minimum atomic E-state index is 0.527. The van der Waals surface area contributed by atoms with Crippen LogP contribution in [0, 0.1) is 0 Å². The van der Waals surface area contributed by atoms with Gasteiger partial charge in [-0.25, -0.2) is 0 Å². The number of benzene rings is 1. The van der Waals surface area contributed by atoms with Crippen LogP contribution in [0.15, 0.2) is 29.2 Å². The lowest BCUT2D eigenvalue weighted by molar-refractivity contribution is 0.0659. The highest BCUT2D eigenvalue weighted by Gasteiger charge is 2.23. The number of rotatable bonds is 2. The Kier molecular flexibility index (Phi) is 3.69. The van der Waals surface area contributed by atoms with E-state index in [0.29, 0.717) is 12.1 Å². The van der Waals surface area contributed by atoms with E-state index in [0.717, 1.165) is 13.2 Å². The summed E-state index contributed by atoms with van der Waals surface area (Å²) < 4.78 is 5.54. The number of hydrogen-bond acceptors (Lipinski definition) is 3. The molecule has 0 aliphatic carbocycles. The summed E-state index contributed by atoms with van der Waals surface area (Å²) in [6.07, 6.45) is 3.69. The molecule has 92 valence electrons. The van der Waals surface area contributed by atoms with E-state index in [1.807, 2.05) is 11.8 Å². The average Bonchev–Trinajstić information content (AvgIpc) is 2.40. The molecule has 17 heavy (non-hydrogen) atoms. The molecule has 0 radical (unpaired) electrons. The third-order valence-corrected chi connectivity index (χ3v) is 4.68. The minimum Gasteiger partial charge on any atom is -0.380 e. The highest BCUT2D eigenvalue weighted by molar-refractivity contribution is 7.99. The lowest BCUT2D eigenvalue weighted by Gasteiger charge is -2.32. The molecule has 2 heterocycles. The Morgan fingerprint density at radius 3 is 3.06 bits per heavy atom. The molecule has 1 aromatic carbocycles. The van der Waals surface area contributed by atoms with Gasteiger partial charge in [0.1, 0.15) is 0 Å². The molecule has 0 saturated carbocycles. The zero-order chi connectivity index (χ0) is 11.5. The summed E-state index contributed by atoms with van der Waals surface area (Å²) in [5.74, 6) is 1.22. The van der Waals surface area contributed by atoms with Crippen LogP contribution in [-0.2, 0) is 4.74 Å². The number of ether oxygens (including phenoxy) is 1. The van der Waals surface area contributed by atoms with Gasteiger partial charge in [0.25, 0.3) is 0 Å². The number of nitrogens with one attached hydrogen (secondary N) is 1. The van der Waals surface area contributed by atoms with Crippen LogP contribution in [0.3, 0.4) is 0 Å². The first kappa shape index (κ1) is 11.6. The molecule has 1 N–H and O–H groups in total. The quantitative estimate of drug-likeness (QED) is 0.870. The Hall–Kier alpha value is -0.510. The smallest absolute Gasteiger partial charge is 0.0619 e. The van der Waals surface area contributed by atoms with Gasteiger partial charge in [-0.1, -0.05) is 18.2 Å². The molecule has 0 aromatic heterocycles. The van der Waals surface area contributed by atoms with Gasteiger partial charge in [0, 0.05) is 23.6 Å². The zero-order valence-corrected chi connectivity index (χ0v) is 10.8. The zero-order valence-electron chi connectivity index (χ0n) is 10.0. The second-order valence-electron chi connectivity index (χ2n) is 4.81. The Morgan fingerprint density at radius 2 is 2.18 bits per heavy atom. The van der Waals surface area contributed by atoms with E-state index in [1.165, 1.54) is 35.5 Å². The van der Waals surface area contributed by atoms with Gasteiger partial charge in [-0.15, -0.1) is 11.8 Å². The first-order chi connectivity index (χ1) is 8.43. The van der Waals surface area contributed by atoms with Crippen molar-refractivity contribution in [3.05, 3.63) is 29.8 Å². The molecule has 0 spiro atoms. The highest BCUT2D eigenvalue weighted by atomic mass is 32.2. The van der Waals surface area contributed by atoms with Crippen LogP contribution in [-0.4, -0.2) is 25.0 Å². The van der Waals surface area contributed by atoms with Gasteiger partial charge >= 0.3 is 0 Å². The normalized spacial score (nSPS) is 28.7. The Bertz CT molecular complexity index is 376. The fourth-order valence-corrected chi connectivity index (χ4v) is 3.80. The Labute approximate surface area is 107 Å². The lowest BCUT2D eigenvalue weighted by atomic mass is 10.0.